The first-order valence-corrected chi connectivity index (χ1v) is 6.40. The fraction of sp³-hybridized carbons (Fsp3) is 1.00. The maximum atomic E-state index is 9.39. The van der Waals surface area contributed by atoms with Gasteiger partial charge >= 0.3 is 0 Å². The van der Waals surface area contributed by atoms with Gasteiger partial charge in [0.25, 0.3) is 0 Å². The summed E-state index contributed by atoms with van der Waals surface area (Å²) in [6, 6.07) is 0.407. The Morgan fingerprint density at radius 3 is 2.25 bits per heavy atom. The fourth-order valence-corrected chi connectivity index (χ4v) is 1.83. The Morgan fingerprint density at radius 2 is 1.81 bits per heavy atom. The van der Waals surface area contributed by atoms with E-state index in [0.29, 0.717) is 12.1 Å². The monoisotopic (exact) mass is 231 g/mol. The standard InChI is InChI=1S/C13H29NO2/c1-11(2)14-13(5,10-15)8-6-7-9-16-12(3)4/h11-12,14-15H,6-10H2,1-5H3. The highest BCUT2D eigenvalue weighted by atomic mass is 16.5. The van der Waals surface area contributed by atoms with E-state index in [9.17, 15) is 5.11 Å². The topological polar surface area (TPSA) is 41.5 Å². The SMILES string of the molecule is CC(C)NC(C)(CO)CCCCOC(C)C. The summed E-state index contributed by atoms with van der Waals surface area (Å²) in [5, 5.41) is 12.8. The molecule has 0 heterocycles. The van der Waals surface area contributed by atoms with Crippen LogP contribution in [0, 0.1) is 0 Å². The Morgan fingerprint density at radius 1 is 1.19 bits per heavy atom. The molecule has 0 saturated carbocycles. The molecule has 0 aromatic rings. The van der Waals surface area contributed by atoms with Gasteiger partial charge < -0.3 is 15.2 Å². The predicted molar refractivity (Wildman–Crippen MR) is 68.7 cm³/mol. The van der Waals surface area contributed by atoms with Crippen LogP contribution in [0.2, 0.25) is 0 Å². The number of ether oxygens (including phenoxy) is 1. The van der Waals surface area contributed by atoms with Crippen LogP contribution >= 0.6 is 0 Å². The molecule has 3 nitrogen and oxygen atoms in total. The molecule has 0 aliphatic heterocycles. The van der Waals surface area contributed by atoms with Crippen LogP contribution < -0.4 is 5.32 Å². The summed E-state index contributed by atoms with van der Waals surface area (Å²) in [6.07, 6.45) is 3.46. The number of hydrogen-bond donors (Lipinski definition) is 2. The summed E-state index contributed by atoms with van der Waals surface area (Å²) >= 11 is 0. The fourth-order valence-electron chi connectivity index (χ4n) is 1.83. The number of nitrogens with one attached hydrogen (secondary N) is 1. The van der Waals surface area contributed by atoms with Crippen molar-refractivity contribution in [3.05, 3.63) is 0 Å². The van der Waals surface area contributed by atoms with Gasteiger partial charge in [0, 0.05) is 18.2 Å². The molecule has 1 unspecified atom stereocenters. The van der Waals surface area contributed by atoms with Gasteiger partial charge in [0.1, 0.15) is 0 Å². The highest BCUT2D eigenvalue weighted by Gasteiger charge is 2.22. The molecule has 0 aliphatic carbocycles. The van der Waals surface area contributed by atoms with Crippen LogP contribution in [0.3, 0.4) is 0 Å². The van der Waals surface area contributed by atoms with E-state index in [2.05, 4.69) is 39.9 Å². The molecule has 3 heteroatoms. The molecule has 0 radical (unpaired) electrons. The summed E-state index contributed by atoms with van der Waals surface area (Å²) in [7, 11) is 0. The molecule has 0 bridgehead atoms. The van der Waals surface area contributed by atoms with Crippen molar-refractivity contribution in [2.24, 2.45) is 0 Å². The normalized spacial score (nSPS) is 15.8. The van der Waals surface area contributed by atoms with Crippen molar-refractivity contribution in [3.63, 3.8) is 0 Å². The van der Waals surface area contributed by atoms with E-state index in [0.717, 1.165) is 25.9 Å². The van der Waals surface area contributed by atoms with E-state index in [1.807, 2.05) is 0 Å². The minimum Gasteiger partial charge on any atom is -0.394 e. The maximum absolute atomic E-state index is 9.39. The molecule has 98 valence electrons. The third-order valence-corrected chi connectivity index (χ3v) is 2.56. The lowest BCUT2D eigenvalue weighted by molar-refractivity contribution is 0.0726. The number of hydrogen-bond acceptors (Lipinski definition) is 3. The maximum Gasteiger partial charge on any atom is 0.0610 e. The summed E-state index contributed by atoms with van der Waals surface area (Å²) in [5.74, 6) is 0. The second-order valence-electron chi connectivity index (χ2n) is 5.39. The third kappa shape index (κ3) is 8.08. The Bertz CT molecular complexity index is 171. The molecule has 0 aromatic heterocycles. The summed E-state index contributed by atoms with van der Waals surface area (Å²) in [6.45, 7) is 11.4. The molecular weight excluding hydrogens is 202 g/mol. The third-order valence-electron chi connectivity index (χ3n) is 2.56. The number of unbranched alkanes of at least 4 members (excludes halogenated alkanes) is 1. The van der Waals surface area contributed by atoms with Crippen molar-refractivity contribution in [2.75, 3.05) is 13.2 Å². The molecule has 0 fully saturated rings. The number of rotatable bonds is 9. The summed E-state index contributed by atoms with van der Waals surface area (Å²) in [4.78, 5) is 0. The van der Waals surface area contributed by atoms with Gasteiger partial charge in [-0.25, -0.2) is 0 Å². The van der Waals surface area contributed by atoms with Crippen molar-refractivity contribution in [2.45, 2.75) is 71.6 Å². The molecule has 1 atom stereocenters. The molecule has 0 aliphatic rings. The van der Waals surface area contributed by atoms with Crippen LogP contribution in [0.4, 0.5) is 0 Å². The van der Waals surface area contributed by atoms with Gasteiger partial charge in [-0.3, -0.25) is 0 Å². The van der Waals surface area contributed by atoms with E-state index in [1.54, 1.807) is 0 Å². The molecule has 0 saturated heterocycles. The minimum atomic E-state index is -0.147. The van der Waals surface area contributed by atoms with Gasteiger partial charge in [0.2, 0.25) is 0 Å². The van der Waals surface area contributed by atoms with Crippen molar-refractivity contribution in [1.29, 1.82) is 0 Å². The molecule has 0 amide bonds. The molecular formula is C13H29NO2. The van der Waals surface area contributed by atoms with Crippen molar-refractivity contribution >= 4 is 0 Å². The molecule has 0 aromatic carbocycles. The lowest BCUT2D eigenvalue weighted by Crippen LogP contribution is -2.49. The zero-order valence-corrected chi connectivity index (χ0v) is 11.5. The second-order valence-corrected chi connectivity index (χ2v) is 5.39. The van der Waals surface area contributed by atoms with Crippen molar-refractivity contribution in [1.82, 2.24) is 5.32 Å². The Kier molecular flexibility index (Phi) is 7.98. The molecule has 16 heavy (non-hydrogen) atoms. The number of aliphatic hydroxyl groups excluding tert-OH is 1. The van der Waals surface area contributed by atoms with Gasteiger partial charge in [-0.05, 0) is 40.0 Å². The average molecular weight is 231 g/mol. The highest BCUT2D eigenvalue weighted by molar-refractivity contribution is 4.83. The van der Waals surface area contributed by atoms with Crippen LogP contribution in [0.25, 0.3) is 0 Å². The van der Waals surface area contributed by atoms with Crippen LogP contribution in [-0.4, -0.2) is 36.0 Å². The Hall–Kier alpha value is -0.120. The van der Waals surface area contributed by atoms with Crippen LogP contribution in [-0.2, 0) is 4.74 Å². The Labute approximate surface area is 101 Å². The van der Waals surface area contributed by atoms with Gasteiger partial charge in [0.05, 0.1) is 12.7 Å². The van der Waals surface area contributed by atoms with Crippen LogP contribution in [0.5, 0.6) is 0 Å². The van der Waals surface area contributed by atoms with Crippen molar-refractivity contribution in [3.8, 4) is 0 Å². The lowest BCUT2D eigenvalue weighted by Gasteiger charge is -2.31. The zero-order valence-electron chi connectivity index (χ0n) is 11.5. The van der Waals surface area contributed by atoms with E-state index in [-0.39, 0.29) is 12.1 Å². The van der Waals surface area contributed by atoms with Gasteiger partial charge in [-0.1, -0.05) is 13.8 Å². The van der Waals surface area contributed by atoms with E-state index in [1.165, 1.54) is 0 Å². The largest absolute Gasteiger partial charge is 0.394 e. The van der Waals surface area contributed by atoms with E-state index >= 15 is 0 Å². The van der Waals surface area contributed by atoms with Gasteiger partial charge in [-0.2, -0.15) is 0 Å². The average Bonchev–Trinajstić information content (AvgIpc) is 2.15. The first-order chi connectivity index (χ1) is 7.39. The minimum absolute atomic E-state index is 0.147. The lowest BCUT2D eigenvalue weighted by atomic mass is 9.95. The zero-order chi connectivity index (χ0) is 12.6. The van der Waals surface area contributed by atoms with Crippen LogP contribution in [0.15, 0.2) is 0 Å². The van der Waals surface area contributed by atoms with E-state index < -0.39 is 0 Å². The molecule has 0 spiro atoms. The molecule has 0 rings (SSSR count). The van der Waals surface area contributed by atoms with Gasteiger partial charge in [0.15, 0.2) is 0 Å². The van der Waals surface area contributed by atoms with Crippen molar-refractivity contribution < 1.29 is 9.84 Å². The van der Waals surface area contributed by atoms with Crippen LogP contribution in [0.1, 0.15) is 53.9 Å². The summed E-state index contributed by atoms with van der Waals surface area (Å²) in [5.41, 5.74) is -0.147. The summed E-state index contributed by atoms with van der Waals surface area (Å²) < 4.78 is 5.49. The Balaban J connectivity index is 3.69. The second kappa shape index (κ2) is 8.04. The van der Waals surface area contributed by atoms with Gasteiger partial charge in [-0.15, -0.1) is 0 Å². The highest BCUT2D eigenvalue weighted by Crippen LogP contribution is 2.14. The number of aliphatic hydroxyl groups is 1. The van der Waals surface area contributed by atoms with E-state index in [4.69, 9.17) is 4.74 Å². The predicted octanol–water partition coefficient (Wildman–Crippen LogP) is 2.33. The smallest absolute Gasteiger partial charge is 0.0610 e. The first kappa shape index (κ1) is 15.9. The molecule has 2 N–H and O–H groups in total. The first-order valence-electron chi connectivity index (χ1n) is 6.40. The quantitative estimate of drug-likeness (QED) is 0.598.